The van der Waals surface area contributed by atoms with E-state index in [0.717, 1.165) is 0 Å². The second-order valence-electron chi connectivity index (χ2n) is 8.00. The molecule has 0 saturated carbocycles. The van der Waals surface area contributed by atoms with Crippen LogP contribution in [0.4, 0.5) is 4.39 Å². The molecule has 5 nitrogen and oxygen atoms in total. The molecule has 1 amide bonds. The van der Waals surface area contributed by atoms with E-state index in [4.69, 9.17) is 9.31 Å². The lowest BCUT2D eigenvalue weighted by Crippen LogP contribution is -2.53. The number of rotatable bonds is 3. The number of allylic oxidation sites excluding steroid dienone is 1. The van der Waals surface area contributed by atoms with Gasteiger partial charge in [0.1, 0.15) is 5.73 Å². The van der Waals surface area contributed by atoms with Gasteiger partial charge in [-0.3, -0.25) is 4.79 Å². The average Bonchev–Trinajstić information content (AvgIpc) is 2.78. The summed E-state index contributed by atoms with van der Waals surface area (Å²) in [5.41, 5.74) is -0.0712. The molecule has 7 heteroatoms. The van der Waals surface area contributed by atoms with Gasteiger partial charge in [-0.15, -0.1) is 0 Å². The van der Waals surface area contributed by atoms with Gasteiger partial charge in [0, 0.05) is 18.7 Å². The number of β-amino-alcohol motifs (C(OH)–C–C–N with tert-alkyl or cyclic N) is 1. The largest absolute Gasteiger partial charge is 0.525 e. The van der Waals surface area contributed by atoms with Crippen molar-refractivity contribution < 1.29 is 23.6 Å². The molecular weight excluding hydrogens is 336 g/mol. The third-order valence-electron chi connectivity index (χ3n) is 5.53. The van der Waals surface area contributed by atoms with E-state index >= 15 is 0 Å². The predicted molar refractivity (Wildman–Crippen MR) is 98.1 cm³/mol. The Balaban J connectivity index is 1.76. The summed E-state index contributed by atoms with van der Waals surface area (Å²) < 4.78 is 26.4. The van der Waals surface area contributed by atoms with Gasteiger partial charge in [-0.25, -0.2) is 4.39 Å². The number of hydrogen-bond acceptors (Lipinski definition) is 4. The molecule has 1 aromatic carbocycles. The van der Waals surface area contributed by atoms with Crippen molar-refractivity contribution in [2.24, 2.45) is 0 Å². The summed E-state index contributed by atoms with van der Waals surface area (Å²) in [5, 5.41) is 9.30. The molecule has 0 spiro atoms. The molecule has 3 rings (SSSR count). The number of aliphatic hydroxyl groups excluding tert-OH is 1. The van der Waals surface area contributed by atoms with Crippen molar-refractivity contribution in [3.8, 4) is 0 Å². The quantitative estimate of drug-likeness (QED) is 0.842. The van der Waals surface area contributed by atoms with Crippen molar-refractivity contribution in [3.05, 3.63) is 41.1 Å². The zero-order valence-electron chi connectivity index (χ0n) is 15.9. The Morgan fingerprint density at radius 2 is 1.58 bits per heavy atom. The number of amides is 1. The molecule has 0 atom stereocenters. The summed E-state index contributed by atoms with van der Waals surface area (Å²) in [5.74, 6) is -0.130. The SMILES string of the molecule is CC(=C(F)B1OC(C)(C)C(C)(C)O1)c1ccc(C(=O)N2CC(O)C2)cc1. The number of carbonyl (C=O) groups excluding carboxylic acids is 1. The molecular formula is C19H25BFNO4. The van der Waals surface area contributed by atoms with Crippen LogP contribution in [0.5, 0.6) is 0 Å². The van der Waals surface area contributed by atoms with Gasteiger partial charge in [-0.05, 0) is 57.9 Å². The molecule has 26 heavy (non-hydrogen) atoms. The fourth-order valence-corrected chi connectivity index (χ4v) is 2.93. The van der Waals surface area contributed by atoms with Crippen LogP contribution >= 0.6 is 0 Å². The summed E-state index contributed by atoms with van der Waals surface area (Å²) in [7, 11) is -1.04. The molecule has 0 bridgehead atoms. The summed E-state index contributed by atoms with van der Waals surface area (Å²) in [6.07, 6.45) is -0.433. The zero-order chi connectivity index (χ0) is 19.3. The van der Waals surface area contributed by atoms with Gasteiger partial charge in [0.15, 0.2) is 0 Å². The fourth-order valence-electron chi connectivity index (χ4n) is 2.93. The van der Waals surface area contributed by atoms with Gasteiger partial charge < -0.3 is 19.3 Å². The number of likely N-dealkylation sites (tertiary alicyclic amines) is 1. The lowest BCUT2D eigenvalue weighted by Gasteiger charge is -2.35. The molecule has 2 aliphatic heterocycles. The van der Waals surface area contributed by atoms with Crippen LogP contribution in [0.1, 0.15) is 50.5 Å². The van der Waals surface area contributed by atoms with Crippen LogP contribution < -0.4 is 0 Å². The van der Waals surface area contributed by atoms with Crippen molar-refractivity contribution in [1.82, 2.24) is 4.90 Å². The minimum absolute atomic E-state index is 0.130. The third kappa shape index (κ3) is 3.31. The highest BCUT2D eigenvalue weighted by atomic mass is 19.1. The number of carbonyl (C=O) groups is 1. The first-order valence-electron chi connectivity index (χ1n) is 8.81. The van der Waals surface area contributed by atoms with Gasteiger partial charge in [-0.1, -0.05) is 12.1 Å². The van der Waals surface area contributed by atoms with Crippen LogP contribution in [0.2, 0.25) is 0 Å². The zero-order valence-corrected chi connectivity index (χ0v) is 15.9. The van der Waals surface area contributed by atoms with E-state index in [2.05, 4.69) is 0 Å². The Bertz CT molecular complexity index is 722. The van der Waals surface area contributed by atoms with E-state index in [9.17, 15) is 14.3 Å². The van der Waals surface area contributed by atoms with E-state index in [1.165, 1.54) is 0 Å². The molecule has 2 fully saturated rings. The van der Waals surface area contributed by atoms with Crippen molar-refractivity contribution in [2.45, 2.75) is 51.9 Å². The van der Waals surface area contributed by atoms with Crippen molar-refractivity contribution >= 4 is 18.6 Å². The molecule has 0 unspecified atom stereocenters. The smallest absolute Gasteiger partial charge is 0.398 e. The minimum atomic E-state index is -1.04. The first kappa shape index (κ1) is 19.1. The van der Waals surface area contributed by atoms with E-state index < -0.39 is 30.2 Å². The van der Waals surface area contributed by atoms with Crippen LogP contribution in [0.25, 0.3) is 5.57 Å². The number of benzene rings is 1. The normalized spacial score (nSPS) is 22.9. The van der Waals surface area contributed by atoms with E-state index in [-0.39, 0.29) is 5.91 Å². The maximum absolute atomic E-state index is 14.9. The average molecular weight is 361 g/mol. The topological polar surface area (TPSA) is 59.0 Å². The summed E-state index contributed by atoms with van der Waals surface area (Å²) in [6, 6.07) is 6.76. The summed E-state index contributed by atoms with van der Waals surface area (Å²) in [6.45, 7) is 9.89. The van der Waals surface area contributed by atoms with Gasteiger partial charge >= 0.3 is 7.12 Å². The van der Waals surface area contributed by atoms with Gasteiger partial charge in [0.25, 0.3) is 5.91 Å². The van der Waals surface area contributed by atoms with Gasteiger partial charge in [0.05, 0.1) is 17.3 Å². The Morgan fingerprint density at radius 1 is 1.12 bits per heavy atom. The second kappa shape index (κ2) is 6.48. The monoisotopic (exact) mass is 361 g/mol. The standard InChI is InChI=1S/C19H25BFNO4/c1-12(16(21)20-25-18(2,3)19(4,5)26-20)13-6-8-14(9-7-13)17(24)22-10-15(23)11-22/h6-9,15,23H,10-11H2,1-5H3. The van der Waals surface area contributed by atoms with Crippen LogP contribution in [0.3, 0.4) is 0 Å². The maximum Gasteiger partial charge on any atom is 0.525 e. The van der Waals surface area contributed by atoms with Crippen molar-refractivity contribution in [3.63, 3.8) is 0 Å². The van der Waals surface area contributed by atoms with Crippen LogP contribution in [-0.2, 0) is 9.31 Å². The van der Waals surface area contributed by atoms with E-state index in [1.807, 2.05) is 27.7 Å². The molecule has 2 aliphatic rings. The molecule has 2 saturated heterocycles. The Hall–Kier alpha value is -1.70. The lowest BCUT2D eigenvalue weighted by molar-refractivity contribution is 0.00578. The molecule has 1 aromatic rings. The van der Waals surface area contributed by atoms with Crippen LogP contribution in [-0.4, -0.2) is 53.4 Å². The molecule has 140 valence electrons. The Morgan fingerprint density at radius 3 is 2.04 bits per heavy atom. The van der Waals surface area contributed by atoms with E-state index in [1.54, 1.807) is 36.1 Å². The lowest BCUT2D eigenvalue weighted by atomic mass is 9.83. The molecule has 0 radical (unpaired) electrons. The number of hydrogen-bond donors (Lipinski definition) is 1. The van der Waals surface area contributed by atoms with Crippen molar-refractivity contribution in [2.75, 3.05) is 13.1 Å². The highest BCUT2D eigenvalue weighted by molar-refractivity contribution is 6.55. The molecule has 0 aliphatic carbocycles. The first-order chi connectivity index (χ1) is 12.0. The number of aliphatic hydroxyl groups is 1. The first-order valence-corrected chi connectivity index (χ1v) is 8.81. The Kier molecular flexibility index (Phi) is 4.75. The van der Waals surface area contributed by atoms with Gasteiger partial charge in [-0.2, -0.15) is 0 Å². The Labute approximate surface area is 153 Å². The second-order valence-corrected chi connectivity index (χ2v) is 8.00. The summed E-state index contributed by atoms with van der Waals surface area (Å²) >= 11 is 0. The molecule has 0 aromatic heterocycles. The van der Waals surface area contributed by atoms with Crippen LogP contribution in [0.15, 0.2) is 30.0 Å². The highest BCUT2D eigenvalue weighted by Gasteiger charge is 2.53. The number of halogens is 1. The predicted octanol–water partition coefficient (Wildman–Crippen LogP) is 2.84. The highest BCUT2D eigenvalue weighted by Crippen LogP contribution is 2.40. The molecule has 2 heterocycles. The summed E-state index contributed by atoms with van der Waals surface area (Å²) in [4.78, 5) is 13.8. The fraction of sp³-hybridized carbons (Fsp3) is 0.526. The van der Waals surface area contributed by atoms with Gasteiger partial charge in [0.2, 0.25) is 0 Å². The minimum Gasteiger partial charge on any atom is -0.398 e. The maximum atomic E-state index is 14.9. The molecule has 1 N–H and O–H groups in total. The number of nitrogens with zero attached hydrogens (tertiary/aromatic N) is 1. The third-order valence-corrected chi connectivity index (χ3v) is 5.53. The van der Waals surface area contributed by atoms with Crippen LogP contribution in [0, 0.1) is 0 Å². The van der Waals surface area contributed by atoms with Crippen molar-refractivity contribution in [1.29, 1.82) is 0 Å². The van der Waals surface area contributed by atoms with E-state index in [0.29, 0.717) is 29.8 Å².